The molecule has 0 bridgehead atoms. The average molecular weight is 568 g/mol. The molecule has 192 valence electrons. The number of aromatic hydroxyl groups is 1. The normalized spacial score (nSPS) is 20.2. The zero-order valence-corrected chi connectivity index (χ0v) is 21.9. The molecular formula is C27H26BrN3O6. The molecule has 0 aliphatic carbocycles. The number of amides is 1. The Morgan fingerprint density at radius 2 is 2.05 bits per heavy atom. The lowest BCUT2D eigenvalue weighted by atomic mass is 9.94. The van der Waals surface area contributed by atoms with Crippen molar-refractivity contribution < 1.29 is 29.3 Å². The third kappa shape index (κ3) is 4.57. The number of hydrogen-bond donors (Lipinski definition) is 2. The zero-order valence-electron chi connectivity index (χ0n) is 20.3. The van der Waals surface area contributed by atoms with Crippen LogP contribution in [-0.4, -0.2) is 56.1 Å². The van der Waals surface area contributed by atoms with Gasteiger partial charge in [-0.05, 0) is 70.7 Å². The second kappa shape index (κ2) is 9.93. The predicted molar refractivity (Wildman–Crippen MR) is 138 cm³/mol. The molecule has 2 unspecified atom stereocenters. The van der Waals surface area contributed by atoms with Crippen LogP contribution in [0.5, 0.6) is 17.2 Å². The van der Waals surface area contributed by atoms with Gasteiger partial charge in [0.25, 0.3) is 11.7 Å². The number of methoxy groups -OCH3 is 1. The smallest absolute Gasteiger partial charge is 0.295 e. The molecule has 2 aromatic carbocycles. The summed E-state index contributed by atoms with van der Waals surface area (Å²) in [5.41, 5.74) is 1.86. The van der Waals surface area contributed by atoms with E-state index in [1.165, 1.54) is 12.0 Å². The number of carbonyl (C=O) groups is 2. The Bertz CT molecular complexity index is 1400. The largest absolute Gasteiger partial charge is 0.507 e. The second-order valence-corrected chi connectivity index (χ2v) is 10.0. The molecule has 2 atom stereocenters. The van der Waals surface area contributed by atoms with Gasteiger partial charge in [-0.3, -0.25) is 9.59 Å². The third-order valence-electron chi connectivity index (χ3n) is 6.67. The number of aromatic nitrogens is 2. The number of imidazole rings is 1. The number of likely N-dealkylation sites (tertiary alicyclic amines) is 1. The minimum atomic E-state index is -0.878. The van der Waals surface area contributed by atoms with Gasteiger partial charge in [0.15, 0.2) is 11.5 Å². The van der Waals surface area contributed by atoms with Crippen molar-refractivity contribution in [1.29, 1.82) is 0 Å². The highest BCUT2D eigenvalue weighted by atomic mass is 79.9. The van der Waals surface area contributed by atoms with Gasteiger partial charge in [-0.2, -0.15) is 0 Å². The minimum Gasteiger partial charge on any atom is -0.507 e. The molecule has 3 heterocycles. The number of fused-ring (bicyclic) bond motifs is 1. The van der Waals surface area contributed by atoms with Gasteiger partial charge in [0.2, 0.25) is 0 Å². The number of benzene rings is 2. The molecule has 1 fully saturated rings. The van der Waals surface area contributed by atoms with E-state index < -0.39 is 17.7 Å². The first kappa shape index (κ1) is 24.9. The Morgan fingerprint density at radius 3 is 2.78 bits per heavy atom. The molecule has 9 nitrogen and oxygen atoms in total. The first-order chi connectivity index (χ1) is 17.8. The number of hydrogen-bond acceptors (Lipinski definition) is 7. The molecule has 2 N–H and O–H groups in total. The molecule has 3 aromatic rings. The average Bonchev–Trinajstić information content (AvgIpc) is 3.59. The molecular weight excluding hydrogens is 542 g/mol. The number of phenols is 1. The first-order valence-electron chi connectivity index (χ1n) is 11.9. The van der Waals surface area contributed by atoms with Crippen molar-refractivity contribution in [2.75, 3.05) is 13.7 Å². The number of ketones is 1. The molecule has 1 amide bonds. The van der Waals surface area contributed by atoms with Crippen LogP contribution >= 0.6 is 15.9 Å². The summed E-state index contributed by atoms with van der Waals surface area (Å²) in [5.74, 6) is -0.899. The third-order valence-corrected chi connectivity index (χ3v) is 7.27. The van der Waals surface area contributed by atoms with Crippen LogP contribution in [-0.2, 0) is 22.6 Å². The summed E-state index contributed by atoms with van der Waals surface area (Å²) in [5, 5.41) is 21.8. The summed E-state index contributed by atoms with van der Waals surface area (Å²) in [7, 11) is 1.42. The van der Waals surface area contributed by atoms with Crippen molar-refractivity contribution in [3.05, 3.63) is 75.8 Å². The molecule has 1 saturated heterocycles. The van der Waals surface area contributed by atoms with E-state index in [0.29, 0.717) is 35.0 Å². The molecule has 1 aromatic heterocycles. The number of nitrogens with zero attached hydrogens (tertiary/aromatic N) is 3. The van der Waals surface area contributed by atoms with Crippen LogP contribution in [0, 0.1) is 0 Å². The minimum absolute atomic E-state index is 0.0146. The Kier molecular flexibility index (Phi) is 6.68. The van der Waals surface area contributed by atoms with Crippen molar-refractivity contribution in [2.24, 2.45) is 0 Å². The van der Waals surface area contributed by atoms with Gasteiger partial charge < -0.3 is 29.2 Å². The first-order valence-corrected chi connectivity index (χ1v) is 12.7. The van der Waals surface area contributed by atoms with Crippen LogP contribution in [0.1, 0.15) is 36.1 Å². The molecule has 37 heavy (non-hydrogen) atoms. The van der Waals surface area contributed by atoms with Gasteiger partial charge in [-0.1, -0.05) is 0 Å². The Morgan fingerprint density at radius 1 is 1.24 bits per heavy atom. The van der Waals surface area contributed by atoms with E-state index in [1.54, 1.807) is 42.9 Å². The Hall–Kier alpha value is -3.79. The van der Waals surface area contributed by atoms with Crippen LogP contribution < -0.4 is 9.47 Å². The van der Waals surface area contributed by atoms with Crippen molar-refractivity contribution in [3.8, 4) is 17.2 Å². The summed E-state index contributed by atoms with van der Waals surface area (Å²) < 4.78 is 13.3. The summed E-state index contributed by atoms with van der Waals surface area (Å²) in [6.07, 6.45) is 6.46. The summed E-state index contributed by atoms with van der Waals surface area (Å²) in [4.78, 5) is 32.1. The van der Waals surface area contributed by atoms with Gasteiger partial charge >= 0.3 is 0 Å². The SMILES string of the molecule is COc1cc(C2C(=C(O)c3ccc4c(c3)CC(C)O4)C(=O)C(=O)N2CCCn2ccnc2)cc(Br)c1O. The van der Waals surface area contributed by atoms with Gasteiger partial charge in [0.05, 0.1) is 29.5 Å². The fraction of sp³-hybridized carbons (Fsp3) is 0.296. The Labute approximate surface area is 222 Å². The fourth-order valence-corrected chi connectivity index (χ4v) is 5.39. The van der Waals surface area contributed by atoms with Gasteiger partial charge in [-0.25, -0.2) is 4.98 Å². The molecule has 0 saturated carbocycles. The number of phenolic OH excluding ortho intramolecular Hbond substituents is 1. The van der Waals surface area contributed by atoms with Gasteiger partial charge in [-0.15, -0.1) is 0 Å². The maximum absolute atomic E-state index is 13.4. The van der Waals surface area contributed by atoms with Crippen LogP contribution in [0.25, 0.3) is 5.76 Å². The maximum Gasteiger partial charge on any atom is 0.295 e. The Balaban J connectivity index is 1.59. The van der Waals surface area contributed by atoms with Crippen molar-refractivity contribution in [3.63, 3.8) is 0 Å². The van der Waals surface area contributed by atoms with Gasteiger partial charge in [0, 0.05) is 37.5 Å². The zero-order chi connectivity index (χ0) is 26.3. The number of aliphatic hydroxyl groups is 1. The molecule has 2 aliphatic rings. The van der Waals surface area contributed by atoms with Crippen LogP contribution in [0.4, 0.5) is 0 Å². The predicted octanol–water partition coefficient (Wildman–Crippen LogP) is 4.20. The lowest BCUT2D eigenvalue weighted by Crippen LogP contribution is -2.31. The maximum atomic E-state index is 13.4. The van der Waals surface area contributed by atoms with E-state index in [1.807, 2.05) is 17.7 Å². The van der Waals surface area contributed by atoms with Crippen molar-refractivity contribution >= 4 is 33.4 Å². The van der Waals surface area contributed by atoms with Crippen molar-refractivity contribution in [2.45, 2.75) is 38.5 Å². The molecule has 0 radical (unpaired) electrons. The van der Waals surface area contributed by atoms with Crippen LogP contribution in [0.2, 0.25) is 0 Å². The molecule has 5 rings (SSSR count). The number of halogens is 1. The van der Waals surface area contributed by atoms with E-state index in [4.69, 9.17) is 9.47 Å². The lowest BCUT2D eigenvalue weighted by molar-refractivity contribution is -0.139. The number of aliphatic hydroxyl groups excluding tert-OH is 1. The van der Waals surface area contributed by atoms with E-state index in [0.717, 1.165) is 11.3 Å². The van der Waals surface area contributed by atoms with Crippen LogP contribution in [0.15, 0.2) is 59.1 Å². The van der Waals surface area contributed by atoms with E-state index in [-0.39, 0.29) is 35.5 Å². The molecule has 2 aliphatic heterocycles. The quantitative estimate of drug-likeness (QED) is 0.250. The van der Waals surface area contributed by atoms with Crippen LogP contribution in [0.3, 0.4) is 0 Å². The number of carbonyl (C=O) groups excluding carboxylic acids is 2. The number of aryl methyl sites for hydroxylation is 1. The van der Waals surface area contributed by atoms with E-state index in [9.17, 15) is 19.8 Å². The van der Waals surface area contributed by atoms with E-state index >= 15 is 0 Å². The standard InChI is InChI=1S/C27H26BrN3O6/c1-15-10-17-11-16(4-5-20(17)37-15)24(32)22-23(18-12-19(28)25(33)21(13-18)36-2)31(27(35)26(22)34)8-3-7-30-9-6-29-14-30/h4-6,9,11-15,23,32-33H,3,7-8,10H2,1-2H3. The highest BCUT2D eigenvalue weighted by Crippen LogP contribution is 2.44. The summed E-state index contributed by atoms with van der Waals surface area (Å²) in [6.45, 7) is 2.83. The van der Waals surface area contributed by atoms with E-state index in [2.05, 4.69) is 20.9 Å². The fourth-order valence-electron chi connectivity index (χ4n) is 4.93. The second-order valence-electron chi connectivity index (χ2n) is 9.16. The highest BCUT2D eigenvalue weighted by Gasteiger charge is 2.46. The number of rotatable bonds is 7. The number of Topliss-reactive ketones (excluding diaryl/α,β-unsaturated/α-hetero) is 1. The topological polar surface area (TPSA) is 114 Å². The summed E-state index contributed by atoms with van der Waals surface area (Å²) in [6, 6.07) is 7.57. The molecule has 10 heteroatoms. The van der Waals surface area contributed by atoms with Gasteiger partial charge in [0.1, 0.15) is 17.6 Å². The number of ether oxygens (including phenoxy) is 2. The monoisotopic (exact) mass is 567 g/mol. The molecule has 0 spiro atoms. The van der Waals surface area contributed by atoms with Crippen molar-refractivity contribution in [1.82, 2.24) is 14.5 Å². The lowest BCUT2D eigenvalue weighted by Gasteiger charge is -2.26. The highest BCUT2D eigenvalue weighted by molar-refractivity contribution is 9.10. The summed E-state index contributed by atoms with van der Waals surface area (Å²) >= 11 is 3.33.